The molecule has 0 bridgehead atoms. The number of nitrogens with two attached hydrogens (primary N) is 1. The van der Waals surface area contributed by atoms with E-state index in [-0.39, 0.29) is 48.7 Å². The fraction of sp³-hybridized carbons (Fsp3) is 0.250. The smallest absolute Gasteiger partial charge is 0.273 e. The van der Waals surface area contributed by atoms with Crippen LogP contribution in [0.4, 0.5) is 0 Å². The molecule has 1 atom stereocenters. The molecule has 2 heterocycles. The monoisotopic (exact) mass is 522 g/mol. The first-order valence-corrected chi connectivity index (χ1v) is 9.66. The number of pyridine rings is 1. The Labute approximate surface area is 207 Å². The molecular weight excluding hydrogens is 502 g/mol. The second kappa shape index (κ2) is 12.1. The Morgan fingerprint density at radius 2 is 1.78 bits per heavy atom. The minimum atomic E-state index is -0.555. The fourth-order valence-electron chi connectivity index (χ4n) is 2.76. The van der Waals surface area contributed by atoms with Crippen molar-refractivity contribution in [3.63, 3.8) is 0 Å². The number of amides is 1. The number of nitrogens with one attached hydrogen (secondary N) is 1. The van der Waals surface area contributed by atoms with E-state index in [1.54, 1.807) is 32.2 Å². The van der Waals surface area contributed by atoms with Crippen LogP contribution in [0.1, 0.15) is 34.8 Å². The summed E-state index contributed by atoms with van der Waals surface area (Å²) < 4.78 is 16.4. The highest BCUT2D eigenvalue weighted by Crippen LogP contribution is 2.33. The van der Waals surface area contributed by atoms with Gasteiger partial charge in [-0.2, -0.15) is 0 Å². The normalized spacial score (nSPS) is 11.1. The van der Waals surface area contributed by atoms with Gasteiger partial charge in [0, 0.05) is 30.1 Å². The van der Waals surface area contributed by atoms with Crippen LogP contribution in [-0.2, 0) is 6.54 Å². The Bertz CT molecular complexity index is 1060. The third kappa shape index (κ3) is 5.96. The second-order valence-corrected chi connectivity index (χ2v) is 7.17. The molecule has 1 aromatic carbocycles. The highest BCUT2D eigenvalue weighted by atomic mass is 35.5. The van der Waals surface area contributed by atoms with Crippen molar-refractivity contribution in [2.24, 2.45) is 5.73 Å². The van der Waals surface area contributed by atoms with Crippen LogP contribution in [0, 0.1) is 0 Å². The number of carbonyl (C=O) groups is 1. The van der Waals surface area contributed by atoms with Gasteiger partial charge in [0.2, 0.25) is 5.89 Å². The van der Waals surface area contributed by atoms with Crippen molar-refractivity contribution in [3.05, 3.63) is 57.7 Å². The topological polar surface area (TPSA) is 112 Å². The number of aromatic nitrogens is 2. The largest absolute Gasteiger partial charge is 0.493 e. The van der Waals surface area contributed by atoms with E-state index in [0.29, 0.717) is 32.7 Å². The number of methoxy groups -OCH3 is 2. The highest BCUT2D eigenvalue weighted by molar-refractivity contribution is 6.35. The summed E-state index contributed by atoms with van der Waals surface area (Å²) in [6.07, 6.45) is 2.90. The quantitative estimate of drug-likeness (QED) is 0.454. The molecule has 0 aliphatic rings. The number of benzene rings is 1. The van der Waals surface area contributed by atoms with Crippen LogP contribution in [0.15, 0.2) is 35.0 Å². The summed E-state index contributed by atoms with van der Waals surface area (Å²) in [5.74, 6) is 1.08. The molecule has 0 aliphatic carbocycles. The molecule has 3 N–H and O–H groups in total. The SMILES string of the molecule is COc1ccc(-c2nc(C(=O)NCc3c(Cl)cncc3Cl)c([C@H](C)N)o2)cc1OC.Cl.Cl. The van der Waals surface area contributed by atoms with Gasteiger partial charge in [-0.3, -0.25) is 9.78 Å². The van der Waals surface area contributed by atoms with Crippen LogP contribution in [0.2, 0.25) is 10.0 Å². The van der Waals surface area contributed by atoms with Crippen molar-refractivity contribution in [3.8, 4) is 23.0 Å². The van der Waals surface area contributed by atoms with Crippen molar-refractivity contribution in [2.75, 3.05) is 14.2 Å². The van der Waals surface area contributed by atoms with Crippen molar-refractivity contribution in [1.29, 1.82) is 0 Å². The number of halogens is 4. The van der Waals surface area contributed by atoms with Crippen molar-refractivity contribution >= 4 is 53.9 Å². The van der Waals surface area contributed by atoms with Crippen LogP contribution < -0.4 is 20.5 Å². The number of rotatable bonds is 7. The predicted molar refractivity (Wildman–Crippen MR) is 128 cm³/mol. The lowest BCUT2D eigenvalue weighted by atomic mass is 10.2. The molecule has 12 heteroatoms. The Balaban J connectivity index is 0.00000256. The zero-order valence-corrected chi connectivity index (χ0v) is 20.5. The van der Waals surface area contributed by atoms with E-state index in [0.717, 1.165) is 0 Å². The van der Waals surface area contributed by atoms with E-state index in [1.807, 2.05) is 0 Å². The van der Waals surface area contributed by atoms with Gasteiger partial charge in [0.25, 0.3) is 5.91 Å². The molecule has 3 aromatic rings. The molecule has 0 spiro atoms. The molecule has 0 aliphatic heterocycles. The predicted octanol–water partition coefficient (Wildman–Crippen LogP) is 4.85. The van der Waals surface area contributed by atoms with Gasteiger partial charge < -0.3 is 24.9 Å². The van der Waals surface area contributed by atoms with Crippen molar-refractivity contribution < 1.29 is 18.7 Å². The lowest BCUT2D eigenvalue weighted by Gasteiger charge is -2.08. The number of nitrogens with zero attached hydrogens (tertiary/aromatic N) is 2. The number of oxazole rings is 1. The van der Waals surface area contributed by atoms with Crippen LogP contribution in [-0.4, -0.2) is 30.1 Å². The van der Waals surface area contributed by atoms with E-state index >= 15 is 0 Å². The third-order valence-electron chi connectivity index (χ3n) is 4.29. The molecule has 174 valence electrons. The molecule has 0 fully saturated rings. The highest BCUT2D eigenvalue weighted by Gasteiger charge is 2.24. The van der Waals surface area contributed by atoms with Crippen LogP contribution in [0.3, 0.4) is 0 Å². The van der Waals surface area contributed by atoms with Crippen LogP contribution >= 0.6 is 48.0 Å². The van der Waals surface area contributed by atoms with Gasteiger partial charge in [0.05, 0.1) is 30.3 Å². The number of ether oxygens (including phenoxy) is 2. The minimum absolute atomic E-state index is 0. The van der Waals surface area contributed by atoms with Crippen LogP contribution in [0.25, 0.3) is 11.5 Å². The van der Waals surface area contributed by atoms with E-state index in [1.165, 1.54) is 19.5 Å². The van der Waals surface area contributed by atoms with Gasteiger partial charge in [-0.25, -0.2) is 4.98 Å². The first kappa shape index (κ1) is 27.8. The average molecular weight is 524 g/mol. The van der Waals surface area contributed by atoms with E-state index in [9.17, 15) is 4.79 Å². The van der Waals surface area contributed by atoms with Gasteiger partial charge >= 0.3 is 0 Å². The molecule has 32 heavy (non-hydrogen) atoms. The van der Waals surface area contributed by atoms with Gasteiger partial charge in [-0.1, -0.05) is 23.2 Å². The van der Waals surface area contributed by atoms with E-state index < -0.39 is 11.9 Å². The molecule has 3 rings (SSSR count). The maximum absolute atomic E-state index is 12.8. The Morgan fingerprint density at radius 1 is 1.16 bits per heavy atom. The lowest BCUT2D eigenvalue weighted by molar-refractivity contribution is 0.0944. The van der Waals surface area contributed by atoms with Crippen molar-refractivity contribution in [2.45, 2.75) is 19.5 Å². The summed E-state index contributed by atoms with van der Waals surface area (Å²) in [6, 6.07) is 4.61. The molecular formula is C20H22Cl4N4O4. The van der Waals surface area contributed by atoms with Gasteiger partial charge in [-0.05, 0) is 25.1 Å². The average Bonchev–Trinajstić information content (AvgIpc) is 3.18. The van der Waals surface area contributed by atoms with Gasteiger partial charge in [0.15, 0.2) is 23.0 Å². The molecule has 8 nitrogen and oxygen atoms in total. The standard InChI is InChI=1S/C20H20Cl2N4O4.2ClH/c1-10(23)18-17(19(27)25-7-12-13(21)8-24-9-14(12)22)26-20(30-18)11-4-5-15(28-2)16(6-11)29-3;;/h4-6,8-10H,7,23H2,1-3H3,(H,25,27);2*1H/t10-;;/m0../s1. The van der Waals surface area contributed by atoms with Crippen LogP contribution in [0.5, 0.6) is 11.5 Å². The maximum Gasteiger partial charge on any atom is 0.273 e. The Hall–Kier alpha value is -2.23. The van der Waals surface area contributed by atoms with Crippen molar-refractivity contribution in [1.82, 2.24) is 15.3 Å². The Morgan fingerprint density at radius 3 is 2.34 bits per heavy atom. The zero-order chi connectivity index (χ0) is 21.8. The molecule has 0 unspecified atom stereocenters. The van der Waals surface area contributed by atoms with E-state index in [2.05, 4.69) is 15.3 Å². The minimum Gasteiger partial charge on any atom is -0.493 e. The summed E-state index contributed by atoms with van der Waals surface area (Å²) in [6.45, 7) is 1.79. The summed E-state index contributed by atoms with van der Waals surface area (Å²) in [5, 5.41) is 3.44. The fourth-order valence-corrected chi connectivity index (χ4v) is 3.25. The zero-order valence-electron chi connectivity index (χ0n) is 17.3. The molecule has 0 radical (unpaired) electrons. The second-order valence-electron chi connectivity index (χ2n) is 6.35. The first-order chi connectivity index (χ1) is 14.3. The van der Waals surface area contributed by atoms with Gasteiger partial charge in [0.1, 0.15) is 0 Å². The first-order valence-electron chi connectivity index (χ1n) is 8.90. The molecule has 1 amide bonds. The molecule has 0 saturated heterocycles. The van der Waals surface area contributed by atoms with Gasteiger partial charge in [-0.15, -0.1) is 24.8 Å². The maximum atomic E-state index is 12.8. The lowest BCUT2D eigenvalue weighted by Crippen LogP contribution is -2.25. The summed E-state index contributed by atoms with van der Waals surface area (Å²) >= 11 is 12.2. The molecule has 2 aromatic heterocycles. The number of hydrogen-bond donors (Lipinski definition) is 2. The summed E-state index contributed by atoms with van der Waals surface area (Å²) in [5.41, 5.74) is 7.23. The summed E-state index contributed by atoms with van der Waals surface area (Å²) in [7, 11) is 3.07. The summed E-state index contributed by atoms with van der Waals surface area (Å²) in [4.78, 5) is 21.0. The number of carbonyl (C=O) groups excluding carboxylic acids is 1. The number of hydrogen-bond acceptors (Lipinski definition) is 7. The molecule has 0 saturated carbocycles. The Kier molecular flexibility index (Phi) is 10.5. The van der Waals surface area contributed by atoms with E-state index in [4.69, 9.17) is 42.8 Å². The third-order valence-corrected chi connectivity index (χ3v) is 4.94.